The summed E-state index contributed by atoms with van der Waals surface area (Å²) in [5.41, 5.74) is 0. The molecule has 0 atom stereocenters. The minimum Gasteiger partial charge on any atom is -0.369 e. The van der Waals surface area contributed by atoms with Gasteiger partial charge in [-0.05, 0) is 26.8 Å². The van der Waals surface area contributed by atoms with Gasteiger partial charge in [-0.2, -0.15) is 0 Å². The third kappa shape index (κ3) is 5.43. The maximum absolute atomic E-state index is 11.5. The number of nitrogens with zero attached hydrogens (tertiary/aromatic N) is 1. The van der Waals surface area contributed by atoms with Crippen molar-refractivity contribution in [3.05, 3.63) is 16.1 Å². The van der Waals surface area contributed by atoms with E-state index in [1.165, 1.54) is 0 Å². The van der Waals surface area contributed by atoms with Crippen LogP contribution in [0.25, 0.3) is 0 Å². The molecule has 0 bridgehead atoms. The van der Waals surface area contributed by atoms with E-state index in [0.717, 1.165) is 0 Å². The number of amides is 1. The summed E-state index contributed by atoms with van der Waals surface area (Å²) in [6, 6.07) is 1.77. The fourth-order valence-electron chi connectivity index (χ4n) is 1.57. The highest BCUT2D eigenvalue weighted by molar-refractivity contribution is 6.37. The van der Waals surface area contributed by atoms with Crippen LogP contribution in [0, 0.1) is 0 Å². The van der Waals surface area contributed by atoms with Crippen molar-refractivity contribution in [1.29, 1.82) is 0 Å². The number of aromatic nitrogens is 1. The monoisotopic (exact) mass is 318 g/mol. The Labute approximate surface area is 129 Å². The molecule has 0 aromatic carbocycles. The van der Waals surface area contributed by atoms with Gasteiger partial charge in [0.25, 0.3) is 0 Å². The molecule has 1 aromatic heterocycles. The number of carbonyl (C=O) groups is 1. The summed E-state index contributed by atoms with van der Waals surface area (Å²) >= 11 is 12.1. The number of nitrogens with one attached hydrogen (secondary N) is 3. The summed E-state index contributed by atoms with van der Waals surface area (Å²) in [5.74, 6) is 1.08. The van der Waals surface area contributed by atoms with Crippen molar-refractivity contribution in [3.8, 4) is 0 Å². The van der Waals surface area contributed by atoms with E-state index in [1.807, 2.05) is 20.8 Å². The number of pyridine rings is 1. The van der Waals surface area contributed by atoms with Crippen molar-refractivity contribution in [3.63, 3.8) is 0 Å². The van der Waals surface area contributed by atoms with Crippen LogP contribution >= 0.6 is 23.2 Å². The molecule has 1 aromatic rings. The molecule has 0 saturated carbocycles. The van der Waals surface area contributed by atoms with E-state index in [0.29, 0.717) is 41.2 Å². The van der Waals surface area contributed by atoms with Crippen LogP contribution in [0.2, 0.25) is 10.0 Å². The van der Waals surface area contributed by atoms with Crippen molar-refractivity contribution in [2.45, 2.75) is 33.2 Å². The second-order valence-corrected chi connectivity index (χ2v) is 5.39. The van der Waals surface area contributed by atoms with Gasteiger partial charge in [-0.3, -0.25) is 4.79 Å². The molecule has 112 valence electrons. The smallest absolute Gasteiger partial charge is 0.221 e. The SMILES string of the molecule is CCNc1nc(NCCC(=O)NC(C)C)c(Cl)cc1Cl. The second-order valence-electron chi connectivity index (χ2n) is 4.58. The normalized spacial score (nSPS) is 10.5. The first kappa shape index (κ1) is 16.9. The minimum absolute atomic E-state index is 0.00973. The number of halogens is 2. The Hall–Kier alpha value is -1.20. The summed E-state index contributed by atoms with van der Waals surface area (Å²) in [6.45, 7) is 6.97. The lowest BCUT2D eigenvalue weighted by molar-refractivity contribution is -0.121. The Morgan fingerprint density at radius 3 is 2.40 bits per heavy atom. The number of carbonyl (C=O) groups excluding carboxylic acids is 1. The average molecular weight is 319 g/mol. The van der Waals surface area contributed by atoms with Crippen molar-refractivity contribution < 1.29 is 4.79 Å². The van der Waals surface area contributed by atoms with Gasteiger partial charge in [-0.15, -0.1) is 0 Å². The van der Waals surface area contributed by atoms with E-state index in [1.54, 1.807) is 6.07 Å². The van der Waals surface area contributed by atoms with Gasteiger partial charge < -0.3 is 16.0 Å². The Bertz CT molecular complexity index is 466. The van der Waals surface area contributed by atoms with Crippen molar-refractivity contribution in [1.82, 2.24) is 10.3 Å². The van der Waals surface area contributed by atoms with Crippen molar-refractivity contribution in [2.75, 3.05) is 23.7 Å². The lowest BCUT2D eigenvalue weighted by Crippen LogP contribution is -2.31. The minimum atomic E-state index is -0.00973. The topological polar surface area (TPSA) is 66.0 Å². The predicted molar refractivity (Wildman–Crippen MR) is 84.8 cm³/mol. The molecule has 3 N–H and O–H groups in total. The highest BCUT2D eigenvalue weighted by Gasteiger charge is 2.09. The molecule has 0 aliphatic carbocycles. The first-order valence-corrected chi connectivity index (χ1v) is 7.32. The molecule has 1 heterocycles. The number of hydrogen-bond acceptors (Lipinski definition) is 4. The molecule has 0 radical (unpaired) electrons. The molecule has 0 unspecified atom stereocenters. The van der Waals surface area contributed by atoms with Crippen LogP contribution < -0.4 is 16.0 Å². The lowest BCUT2D eigenvalue weighted by Gasteiger charge is -2.12. The summed E-state index contributed by atoms with van der Waals surface area (Å²) in [6.07, 6.45) is 0.357. The third-order valence-corrected chi connectivity index (χ3v) is 2.94. The van der Waals surface area contributed by atoms with Crippen LogP contribution in [-0.4, -0.2) is 30.0 Å². The maximum atomic E-state index is 11.5. The number of hydrogen-bond donors (Lipinski definition) is 3. The van der Waals surface area contributed by atoms with Gasteiger partial charge in [0.2, 0.25) is 5.91 Å². The lowest BCUT2D eigenvalue weighted by atomic mass is 10.3. The van der Waals surface area contributed by atoms with E-state index >= 15 is 0 Å². The third-order valence-electron chi connectivity index (χ3n) is 2.37. The van der Waals surface area contributed by atoms with Gasteiger partial charge in [-0.25, -0.2) is 4.98 Å². The first-order valence-electron chi connectivity index (χ1n) is 6.57. The van der Waals surface area contributed by atoms with Gasteiger partial charge >= 0.3 is 0 Å². The molecule has 0 saturated heterocycles. The molecule has 20 heavy (non-hydrogen) atoms. The van der Waals surface area contributed by atoms with Gasteiger partial charge in [-0.1, -0.05) is 23.2 Å². The van der Waals surface area contributed by atoms with Gasteiger partial charge in [0.15, 0.2) is 0 Å². The van der Waals surface area contributed by atoms with E-state index in [9.17, 15) is 4.79 Å². The van der Waals surface area contributed by atoms with E-state index < -0.39 is 0 Å². The molecule has 1 rings (SSSR count). The molecule has 0 aliphatic heterocycles. The zero-order valence-corrected chi connectivity index (χ0v) is 13.4. The number of rotatable bonds is 7. The highest BCUT2D eigenvalue weighted by Crippen LogP contribution is 2.28. The molecule has 1 amide bonds. The quantitative estimate of drug-likeness (QED) is 0.722. The molecule has 0 aliphatic rings. The molecule has 7 heteroatoms. The van der Waals surface area contributed by atoms with Crippen LogP contribution in [-0.2, 0) is 4.79 Å². The van der Waals surface area contributed by atoms with Crippen molar-refractivity contribution >= 4 is 40.7 Å². The number of anilines is 2. The summed E-state index contributed by atoms with van der Waals surface area (Å²) < 4.78 is 0. The maximum Gasteiger partial charge on any atom is 0.221 e. The second kappa shape index (κ2) is 8.17. The van der Waals surface area contributed by atoms with Crippen molar-refractivity contribution in [2.24, 2.45) is 0 Å². The van der Waals surface area contributed by atoms with Gasteiger partial charge in [0.1, 0.15) is 11.6 Å². The van der Waals surface area contributed by atoms with E-state index in [4.69, 9.17) is 23.2 Å². The van der Waals surface area contributed by atoms with Crippen LogP contribution in [0.5, 0.6) is 0 Å². The Morgan fingerprint density at radius 1 is 1.25 bits per heavy atom. The van der Waals surface area contributed by atoms with Gasteiger partial charge in [0.05, 0.1) is 10.0 Å². The highest BCUT2D eigenvalue weighted by atomic mass is 35.5. The molecular weight excluding hydrogens is 299 g/mol. The fourth-order valence-corrected chi connectivity index (χ4v) is 2.06. The van der Waals surface area contributed by atoms with E-state index in [2.05, 4.69) is 20.9 Å². The van der Waals surface area contributed by atoms with E-state index in [-0.39, 0.29) is 11.9 Å². The molecular formula is C13H20Cl2N4O. The Balaban J connectivity index is 2.59. The summed E-state index contributed by atoms with van der Waals surface area (Å²) in [7, 11) is 0. The van der Waals surface area contributed by atoms with Crippen LogP contribution in [0.15, 0.2) is 6.07 Å². The Kier molecular flexibility index (Phi) is 6.88. The summed E-state index contributed by atoms with van der Waals surface area (Å²) in [4.78, 5) is 15.8. The predicted octanol–water partition coefficient (Wildman–Crippen LogP) is 3.15. The molecule has 0 spiro atoms. The Morgan fingerprint density at radius 2 is 1.85 bits per heavy atom. The summed E-state index contributed by atoms with van der Waals surface area (Å²) in [5, 5.41) is 9.81. The largest absolute Gasteiger partial charge is 0.369 e. The van der Waals surface area contributed by atoms with Crippen LogP contribution in [0.3, 0.4) is 0 Å². The molecule has 5 nitrogen and oxygen atoms in total. The molecule has 0 fully saturated rings. The zero-order valence-electron chi connectivity index (χ0n) is 11.9. The van der Waals surface area contributed by atoms with Crippen LogP contribution in [0.4, 0.5) is 11.6 Å². The first-order chi connectivity index (χ1) is 9.43. The zero-order chi connectivity index (χ0) is 15.1. The van der Waals surface area contributed by atoms with Crippen LogP contribution in [0.1, 0.15) is 27.2 Å². The van der Waals surface area contributed by atoms with Gasteiger partial charge in [0, 0.05) is 25.6 Å². The average Bonchev–Trinajstić information content (AvgIpc) is 2.34. The standard InChI is InChI=1S/C13H20Cl2N4O/c1-4-16-12-9(14)7-10(15)13(19-12)17-6-5-11(20)18-8(2)3/h7-8H,4-6H2,1-3H3,(H,18,20)(H2,16,17,19). The fraction of sp³-hybridized carbons (Fsp3) is 0.538.